The van der Waals surface area contributed by atoms with Gasteiger partial charge in [0, 0.05) is 85.7 Å². The zero-order valence-corrected chi connectivity index (χ0v) is 29.7. The minimum atomic E-state index is 0.532. The van der Waals surface area contributed by atoms with E-state index in [0.717, 1.165) is 93.5 Å². The van der Waals surface area contributed by atoms with Gasteiger partial charge in [0.2, 0.25) is 0 Å². The fourth-order valence-electron chi connectivity index (χ4n) is 7.71. The molecular formula is C48H28N8. The fraction of sp³-hybridized carbons (Fsp3) is 0. The van der Waals surface area contributed by atoms with Crippen molar-refractivity contribution < 1.29 is 0 Å². The lowest BCUT2D eigenvalue weighted by molar-refractivity contribution is 1.07. The first-order valence-electron chi connectivity index (χ1n) is 18.3. The van der Waals surface area contributed by atoms with E-state index in [1.807, 2.05) is 97.6 Å². The molecule has 11 aromatic rings. The molecule has 56 heavy (non-hydrogen) atoms. The first-order chi connectivity index (χ1) is 27.7. The Morgan fingerprint density at radius 3 is 1.38 bits per heavy atom. The van der Waals surface area contributed by atoms with E-state index in [0.29, 0.717) is 17.5 Å². The number of aromatic nitrogens is 8. The van der Waals surface area contributed by atoms with Crippen LogP contribution in [-0.4, -0.2) is 39.9 Å². The highest BCUT2D eigenvalue weighted by Gasteiger charge is 2.20. The summed E-state index contributed by atoms with van der Waals surface area (Å²) in [7, 11) is 0. The van der Waals surface area contributed by atoms with Crippen molar-refractivity contribution >= 4 is 54.5 Å². The average molecular weight is 717 g/mol. The number of benzene rings is 5. The summed E-state index contributed by atoms with van der Waals surface area (Å²) in [6.45, 7) is 0. The van der Waals surface area contributed by atoms with Crippen molar-refractivity contribution in [2.24, 2.45) is 0 Å². The molecular weight excluding hydrogens is 689 g/mol. The Morgan fingerprint density at radius 1 is 0.286 bits per heavy atom. The van der Waals surface area contributed by atoms with Gasteiger partial charge in [0.25, 0.3) is 0 Å². The van der Waals surface area contributed by atoms with Crippen LogP contribution in [0.4, 0.5) is 0 Å². The molecule has 0 saturated carbocycles. The average Bonchev–Trinajstić information content (AvgIpc) is 3.27. The van der Waals surface area contributed by atoms with Crippen LogP contribution < -0.4 is 0 Å². The summed E-state index contributed by atoms with van der Waals surface area (Å²) < 4.78 is 0. The van der Waals surface area contributed by atoms with Gasteiger partial charge in [-0.2, -0.15) is 0 Å². The van der Waals surface area contributed by atoms with E-state index in [-0.39, 0.29) is 0 Å². The zero-order chi connectivity index (χ0) is 37.0. The van der Waals surface area contributed by atoms with Crippen LogP contribution in [0, 0.1) is 0 Å². The van der Waals surface area contributed by atoms with Crippen molar-refractivity contribution in [2.45, 2.75) is 0 Å². The van der Waals surface area contributed by atoms with Gasteiger partial charge in [-0.05, 0) is 77.9 Å². The molecule has 0 atom stereocenters. The molecule has 0 saturated heterocycles. The molecule has 8 heteroatoms. The van der Waals surface area contributed by atoms with Crippen LogP contribution in [0.25, 0.3) is 111 Å². The maximum atomic E-state index is 5.22. The normalized spacial score (nSPS) is 11.6. The van der Waals surface area contributed by atoms with Crippen molar-refractivity contribution in [3.63, 3.8) is 0 Å². The van der Waals surface area contributed by atoms with Crippen LogP contribution in [0.5, 0.6) is 0 Å². The highest BCUT2D eigenvalue weighted by atomic mass is 15.0. The second-order valence-electron chi connectivity index (χ2n) is 13.7. The van der Waals surface area contributed by atoms with Crippen LogP contribution in [0.3, 0.4) is 0 Å². The Bertz CT molecular complexity index is 3080. The topological polar surface area (TPSA) is 103 Å². The molecule has 11 rings (SSSR count). The third kappa shape index (κ3) is 5.39. The summed E-state index contributed by atoms with van der Waals surface area (Å²) >= 11 is 0. The van der Waals surface area contributed by atoms with Crippen LogP contribution in [0.1, 0.15) is 0 Å². The van der Waals surface area contributed by atoms with Gasteiger partial charge in [-0.1, -0.05) is 72.8 Å². The Balaban J connectivity index is 1.25. The maximum Gasteiger partial charge on any atom is 0.164 e. The van der Waals surface area contributed by atoms with Crippen LogP contribution in [0.15, 0.2) is 171 Å². The number of hydrogen-bond donors (Lipinski definition) is 0. The van der Waals surface area contributed by atoms with E-state index in [1.54, 1.807) is 6.20 Å². The van der Waals surface area contributed by atoms with Crippen molar-refractivity contribution in [3.05, 3.63) is 171 Å². The Labute approximate surface area is 320 Å². The van der Waals surface area contributed by atoms with E-state index in [9.17, 15) is 0 Å². The van der Waals surface area contributed by atoms with Crippen molar-refractivity contribution in [3.8, 4) is 56.4 Å². The fourth-order valence-corrected chi connectivity index (χ4v) is 7.71. The second kappa shape index (κ2) is 12.9. The second-order valence-corrected chi connectivity index (χ2v) is 13.7. The van der Waals surface area contributed by atoms with Gasteiger partial charge in [0.15, 0.2) is 17.5 Å². The summed E-state index contributed by atoms with van der Waals surface area (Å²) in [6, 6.07) is 47.2. The van der Waals surface area contributed by atoms with Gasteiger partial charge in [0.05, 0.1) is 27.6 Å². The minimum absolute atomic E-state index is 0.532. The standard InChI is InChI=1S/C48H28N8/c1-2-9-30(10-3-1)46-54-47(33-17-16-29-11-4-18-49-39(29)28-33)56-48(55-46)36-24-34(42-37-14-7-19-50-40(37)26-31-12-5-21-52-44(31)42)23-35(25-36)43-38-15-8-20-51-41(38)27-32-13-6-22-53-45(32)43/h1-28H. The molecule has 0 amide bonds. The molecule has 0 unspecified atom stereocenters. The smallest absolute Gasteiger partial charge is 0.164 e. The third-order valence-corrected chi connectivity index (χ3v) is 10.3. The first-order valence-corrected chi connectivity index (χ1v) is 18.3. The quantitative estimate of drug-likeness (QED) is 0.162. The third-order valence-electron chi connectivity index (χ3n) is 10.3. The lowest BCUT2D eigenvalue weighted by Gasteiger charge is -2.16. The predicted molar refractivity (Wildman–Crippen MR) is 224 cm³/mol. The Morgan fingerprint density at radius 2 is 0.768 bits per heavy atom. The van der Waals surface area contributed by atoms with E-state index in [2.05, 4.69) is 71.7 Å². The molecule has 0 fully saturated rings. The van der Waals surface area contributed by atoms with Gasteiger partial charge >= 0.3 is 0 Å². The monoisotopic (exact) mass is 716 g/mol. The molecule has 0 bridgehead atoms. The molecule has 0 spiro atoms. The van der Waals surface area contributed by atoms with E-state index in [4.69, 9.17) is 34.9 Å². The molecule has 6 heterocycles. The number of hydrogen-bond acceptors (Lipinski definition) is 8. The molecule has 5 aromatic carbocycles. The SMILES string of the molecule is c1ccc(-c2nc(-c3cc(-c4c5cccnc5cc5cccnc45)cc(-c4c5cccnc5cc5cccnc45)c3)nc(-c3ccc4cccnc4c3)n2)cc1. The molecule has 0 radical (unpaired) electrons. The van der Waals surface area contributed by atoms with Gasteiger partial charge in [-0.25, -0.2) is 15.0 Å². The number of pyridine rings is 5. The minimum Gasteiger partial charge on any atom is -0.256 e. The molecule has 0 aliphatic carbocycles. The van der Waals surface area contributed by atoms with E-state index >= 15 is 0 Å². The van der Waals surface area contributed by atoms with E-state index in [1.165, 1.54) is 0 Å². The highest BCUT2D eigenvalue weighted by Crippen LogP contribution is 2.42. The highest BCUT2D eigenvalue weighted by molar-refractivity contribution is 6.13. The predicted octanol–water partition coefficient (Wildman–Crippen LogP) is 10.9. The van der Waals surface area contributed by atoms with Crippen molar-refractivity contribution in [1.82, 2.24) is 39.9 Å². The van der Waals surface area contributed by atoms with Gasteiger partial charge in [-0.15, -0.1) is 0 Å². The summed E-state index contributed by atoms with van der Waals surface area (Å²) in [5, 5.41) is 5.03. The molecule has 8 nitrogen and oxygen atoms in total. The van der Waals surface area contributed by atoms with Gasteiger partial charge in [0.1, 0.15) is 0 Å². The number of fused-ring (bicyclic) bond motifs is 5. The molecule has 6 aromatic heterocycles. The van der Waals surface area contributed by atoms with Crippen LogP contribution >= 0.6 is 0 Å². The largest absolute Gasteiger partial charge is 0.256 e. The molecule has 0 N–H and O–H groups in total. The Hall–Kier alpha value is -7.84. The summed E-state index contributed by atoms with van der Waals surface area (Å²) in [4.78, 5) is 39.5. The van der Waals surface area contributed by atoms with Crippen LogP contribution in [-0.2, 0) is 0 Å². The first kappa shape index (κ1) is 31.7. The zero-order valence-electron chi connectivity index (χ0n) is 29.7. The summed E-state index contributed by atoms with van der Waals surface area (Å²) in [6.07, 6.45) is 9.15. The van der Waals surface area contributed by atoms with Gasteiger partial charge < -0.3 is 0 Å². The lowest BCUT2D eigenvalue weighted by Crippen LogP contribution is -2.01. The van der Waals surface area contributed by atoms with Crippen molar-refractivity contribution in [1.29, 1.82) is 0 Å². The molecule has 0 aliphatic heterocycles. The van der Waals surface area contributed by atoms with Gasteiger partial charge in [-0.3, -0.25) is 24.9 Å². The lowest BCUT2D eigenvalue weighted by atomic mass is 9.90. The number of nitrogens with zero attached hydrogens (tertiary/aromatic N) is 8. The maximum absolute atomic E-state index is 5.22. The summed E-state index contributed by atoms with van der Waals surface area (Å²) in [5.74, 6) is 1.65. The van der Waals surface area contributed by atoms with E-state index < -0.39 is 0 Å². The molecule has 0 aliphatic rings. The summed E-state index contributed by atoms with van der Waals surface area (Å²) in [5.41, 5.74) is 10.8. The number of rotatable bonds is 5. The van der Waals surface area contributed by atoms with Crippen molar-refractivity contribution in [2.75, 3.05) is 0 Å². The van der Waals surface area contributed by atoms with Crippen LogP contribution in [0.2, 0.25) is 0 Å². The molecule has 260 valence electrons. The Kier molecular flexibility index (Phi) is 7.31.